The summed E-state index contributed by atoms with van der Waals surface area (Å²) in [6, 6.07) is 31.2. The lowest BCUT2D eigenvalue weighted by molar-refractivity contribution is 0.107. The predicted molar refractivity (Wildman–Crippen MR) is 123 cm³/mol. The van der Waals surface area contributed by atoms with Gasteiger partial charge >= 0.3 is 0 Å². The van der Waals surface area contributed by atoms with E-state index in [0.717, 1.165) is 5.56 Å². The molecule has 1 aromatic heterocycles. The van der Waals surface area contributed by atoms with Gasteiger partial charge in [0.05, 0.1) is 13.2 Å². The van der Waals surface area contributed by atoms with E-state index in [1.165, 1.54) is 23.5 Å². The number of aliphatic hydroxyl groups is 1. The summed E-state index contributed by atoms with van der Waals surface area (Å²) in [7, 11) is 0. The van der Waals surface area contributed by atoms with E-state index in [1.807, 2.05) is 66.7 Å². The fourth-order valence-electron chi connectivity index (χ4n) is 2.80. The molecule has 1 heterocycles. The average molecular weight is 431 g/mol. The quantitative estimate of drug-likeness (QED) is 0.420. The second kappa shape index (κ2) is 12.9. The zero-order valence-corrected chi connectivity index (χ0v) is 17.7. The highest BCUT2D eigenvalue weighted by atomic mass is 16.5. The Bertz CT molecular complexity index is 1050. The van der Waals surface area contributed by atoms with E-state index in [0.29, 0.717) is 19.8 Å². The molecule has 0 aliphatic carbocycles. The van der Waals surface area contributed by atoms with Gasteiger partial charge in [0.15, 0.2) is 0 Å². The molecule has 0 radical (unpaired) electrons. The molecule has 0 fully saturated rings. The lowest BCUT2D eigenvalue weighted by Crippen LogP contribution is -2.07. The smallest absolute Gasteiger partial charge is 0.227 e. The third-order valence-corrected chi connectivity index (χ3v) is 4.47. The van der Waals surface area contributed by atoms with Crippen LogP contribution in [0.1, 0.15) is 22.5 Å². The van der Waals surface area contributed by atoms with Crippen LogP contribution in [0.25, 0.3) is 0 Å². The van der Waals surface area contributed by atoms with Crippen LogP contribution in [0.2, 0.25) is 0 Å². The van der Waals surface area contributed by atoms with Crippen molar-refractivity contribution in [3.8, 4) is 5.75 Å². The molecule has 0 saturated carbocycles. The molecule has 3 aromatic carbocycles. The molecule has 0 saturated heterocycles. The third kappa shape index (κ3) is 7.87. The number of hydrogen-bond donors (Lipinski definition) is 1. The summed E-state index contributed by atoms with van der Waals surface area (Å²) in [5.74, 6) is 0.369. The molecule has 32 heavy (non-hydrogen) atoms. The molecule has 5 heteroatoms. The molecule has 0 spiro atoms. The Morgan fingerprint density at radius 1 is 0.688 bits per heavy atom. The Balaban J connectivity index is 0.000000182. The monoisotopic (exact) mass is 430 g/mol. The van der Waals surface area contributed by atoms with Crippen molar-refractivity contribution in [2.75, 3.05) is 0 Å². The van der Waals surface area contributed by atoms with Gasteiger partial charge in [0.25, 0.3) is 0 Å². The maximum atomic E-state index is 11.5. The molecular formula is C27H26O5. The van der Waals surface area contributed by atoms with Crippen molar-refractivity contribution in [2.45, 2.75) is 26.4 Å². The van der Waals surface area contributed by atoms with Crippen LogP contribution >= 0.6 is 0 Å². The van der Waals surface area contributed by atoms with Crippen LogP contribution < -0.4 is 10.2 Å². The maximum absolute atomic E-state index is 11.5. The van der Waals surface area contributed by atoms with Crippen LogP contribution in [0.15, 0.2) is 113 Å². The standard InChI is InChI=1S/C14H14O.C13H12O4/c1-3-7-13(8-4-1)11-15-12-14-9-5-2-6-10-14;14-7-11-6-12(15)13(9-16-11)17-8-10-4-2-1-3-5-10/h1-10H,11-12H2;1-6,9,14H,7-8H2. The molecule has 5 nitrogen and oxygen atoms in total. The highest BCUT2D eigenvalue weighted by Crippen LogP contribution is 2.09. The van der Waals surface area contributed by atoms with Crippen molar-refractivity contribution in [1.29, 1.82) is 0 Å². The molecule has 0 aliphatic heterocycles. The van der Waals surface area contributed by atoms with Crippen molar-refractivity contribution in [1.82, 2.24) is 0 Å². The minimum absolute atomic E-state index is 0.144. The van der Waals surface area contributed by atoms with Gasteiger partial charge in [-0.25, -0.2) is 0 Å². The number of rotatable bonds is 8. The van der Waals surface area contributed by atoms with Crippen LogP contribution in [0.4, 0.5) is 0 Å². The maximum Gasteiger partial charge on any atom is 0.227 e. The van der Waals surface area contributed by atoms with Crippen LogP contribution in [0.3, 0.4) is 0 Å². The first kappa shape index (κ1) is 23.0. The van der Waals surface area contributed by atoms with Gasteiger partial charge in [-0.1, -0.05) is 91.0 Å². The van der Waals surface area contributed by atoms with E-state index in [2.05, 4.69) is 24.3 Å². The Hall–Kier alpha value is -3.67. The van der Waals surface area contributed by atoms with Crippen molar-refractivity contribution in [2.24, 2.45) is 0 Å². The zero-order chi connectivity index (χ0) is 22.4. The zero-order valence-electron chi connectivity index (χ0n) is 17.7. The van der Waals surface area contributed by atoms with Gasteiger partial charge in [-0.3, -0.25) is 4.79 Å². The number of benzene rings is 3. The van der Waals surface area contributed by atoms with Gasteiger partial charge in [-0.15, -0.1) is 0 Å². The van der Waals surface area contributed by atoms with Crippen molar-refractivity contribution < 1.29 is 19.0 Å². The highest BCUT2D eigenvalue weighted by Gasteiger charge is 2.04. The first-order valence-electron chi connectivity index (χ1n) is 10.3. The lowest BCUT2D eigenvalue weighted by atomic mass is 10.2. The van der Waals surface area contributed by atoms with Crippen molar-refractivity contribution in [3.63, 3.8) is 0 Å². The van der Waals surface area contributed by atoms with Crippen LogP contribution in [-0.2, 0) is 31.2 Å². The Kier molecular flexibility index (Phi) is 9.27. The summed E-state index contributed by atoms with van der Waals surface area (Å²) in [4.78, 5) is 11.5. The molecule has 4 aromatic rings. The fourth-order valence-corrected chi connectivity index (χ4v) is 2.80. The molecule has 0 bridgehead atoms. The largest absolute Gasteiger partial charge is 0.482 e. The van der Waals surface area contributed by atoms with Crippen molar-refractivity contribution in [3.05, 3.63) is 136 Å². The van der Waals surface area contributed by atoms with Crippen LogP contribution in [0.5, 0.6) is 5.75 Å². The summed E-state index contributed by atoms with van der Waals surface area (Å²) in [6.07, 6.45) is 1.22. The molecule has 164 valence electrons. The van der Waals surface area contributed by atoms with Gasteiger partial charge < -0.3 is 19.0 Å². The number of aliphatic hydroxyl groups excluding tert-OH is 1. The topological polar surface area (TPSA) is 68.9 Å². The van der Waals surface area contributed by atoms with Gasteiger partial charge in [0.1, 0.15) is 25.2 Å². The molecule has 0 amide bonds. The molecule has 1 N–H and O–H groups in total. The summed E-state index contributed by atoms with van der Waals surface area (Å²) in [5.41, 5.74) is 3.11. The first-order valence-corrected chi connectivity index (χ1v) is 10.3. The van der Waals surface area contributed by atoms with Crippen LogP contribution in [-0.4, -0.2) is 5.11 Å². The number of ether oxygens (including phenoxy) is 2. The Morgan fingerprint density at radius 2 is 1.16 bits per heavy atom. The molecule has 0 aliphatic rings. The first-order chi connectivity index (χ1) is 15.7. The normalized spacial score (nSPS) is 10.2. The predicted octanol–water partition coefficient (Wildman–Crippen LogP) is 5.11. The van der Waals surface area contributed by atoms with E-state index in [1.54, 1.807) is 0 Å². The molecular weight excluding hydrogens is 404 g/mol. The minimum atomic E-state index is -0.297. The highest BCUT2D eigenvalue weighted by molar-refractivity contribution is 5.19. The Labute approximate surface area is 187 Å². The average Bonchev–Trinajstić information content (AvgIpc) is 2.85. The Morgan fingerprint density at radius 3 is 1.59 bits per heavy atom. The summed E-state index contributed by atoms with van der Waals surface area (Å²) in [5, 5.41) is 8.79. The van der Waals surface area contributed by atoms with E-state index in [-0.39, 0.29) is 23.5 Å². The number of hydrogen-bond acceptors (Lipinski definition) is 5. The van der Waals surface area contributed by atoms with E-state index >= 15 is 0 Å². The second-order valence-electron chi connectivity index (χ2n) is 6.97. The van der Waals surface area contributed by atoms with E-state index < -0.39 is 0 Å². The summed E-state index contributed by atoms with van der Waals surface area (Å²) in [6.45, 7) is 1.36. The van der Waals surface area contributed by atoms with Gasteiger partial charge in [0.2, 0.25) is 11.2 Å². The van der Waals surface area contributed by atoms with Gasteiger partial charge in [-0.2, -0.15) is 0 Å². The molecule has 0 unspecified atom stereocenters. The molecule has 0 atom stereocenters. The second-order valence-corrected chi connectivity index (χ2v) is 6.97. The van der Waals surface area contributed by atoms with Gasteiger partial charge in [0, 0.05) is 6.07 Å². The SMILES string of the molecule is O=c1cc(CO)occ1OCc1ccccc1.c1ccc(COCc2ccccc2)cc1. The van der Waals surface area contributed by atoms with Crippen molar-refractivity contribution >= 4 is 0 Å². The summed E-state index contributed by atoms with van der Waals surface area (Å²) >= 11 is 0. The molecule has 4 rings (SSSR count). The lowest BCUT2D eigenvalue weighted by Gasteiger charge is -2.05. The summed E-state index contributed by atoms with van der Waals surface area (Å²) < 4.78 is 15.9. The third-order valence-electron chi connectivity index (χ3n) is 4.47. The van der Waals surface area contributed by atoms with Gasteiger partial charge in [-0.05, 0) is 16.7 Å². The fraction of sp³-hybridized carbons (Fsp3) is 0.148. The van der Waals surface area contributed by atoms with E-state index in [4.69, 9.17) is 19.0 Å². The minimum Gasteiger partial charge on any atom is -0.482 e. The van der Waals surface area contributed by atoms with E-state index in [9.17, 15) is 4.79 Å². The van der Waals surface area contributed by atoms with Crippen LogP contribution in [0, 0.1) is 0 Å².